The van der Waals surface area contributed by atoms with Gasteiger partial charge in [-0.3, -0.25) is 10.1 Å². The van der Waals surface area contributed by atoms with Gasteiger partial charge in [0.25, 0.3) is 0 Å². The molecule has 0 heterocycles. The van der Waals surface area contributed by atoms with Gasteiger partial charge in [0.2, 0.25) is 5.91 Å². The quantitative estimate of drug-likeness (QED) is 0.586. The lowest BCUT2D eigenvalue weighted by Crippen LogP contribution is -2.57. The highest BCUT2D eigenvalue weighted by atomic mass is 16.3. The molecule has 0 aromatic heterocycles. The van der Waals surface area contributed by atoms with Crippen molar-refractivity contribution >= 4 is 11.6 Å². The summed E-state index contributed by atoms with van der Waals surface area (Å²) in [6.07, 6.45) is 0.531. The SMILES string of the molecule is CCC(CO)(CO)NC(C)C(=O)Nc1ccccc1. The van der Waals surface area contributed by atoms with Gasteiger partial charge in [-0.15, -0.1) is 0 Å². The lowest BCUT2D eigenvalue weighted by molar-refractivity contribution is -0.118. The summed E-state index contributed by atoms with van der Waals surface area (Å²) in [6.45, 7) is 3.11. The molecule has 0 bridgehead atoms. The van der Waals surface area contributed by atoms with E-state index >= 15 is 0 Å². The standard InChI is InChI=1S/C14H22N2O3/c1-3-14(9-17,10-18)16-11(2)13(19)15-12-7-5-4-6-8-12/h4-8,11,16-18H,3,9-10H2,1-2H3,(H,15,19). The number of aliphatic hydroxyl groups excluding tert-OH is 2. The van der Waals surface area contributed by atoms with Crippen molar-refractivity contribution in [2.24, 2.45) is 0 Å². The highest BCUT2D eigenvalue weighted by Gasteiger charge is 2.30. The minimum absolute atomic E-state index is 0.203. The van der Waals surface area contributed by atoms with Gasteiger partial charge in [0, 0.05) is 5.69 Å². The average Bonchev–Trinajstić information content (AvgIpc) is 2.45. The van der Waals surface area contributed by atoms with Crippen LogP contribution in [-0.4, -0.2) is 40.9 Å². The Bertz CT molecular complexity index is 383. The first-order valence-corrected chi connectivity index (χ1v) is 6.42. The van der Waals surface area contributed by atoms with Crippen LogP contribution in [0.2, 0.25) is 0 Å². The second kappa shape index (κ2) is 7.23. The van der Waals surface area contributed by atoms with Gasteiger partial charge in [0.15, 0.2) is 0 Å². The van der Waals surface area contributed by atoms with Crippen LogP contribution < -0.4 is 10.6 Å². The van der Waals surface area contributed by atoms with E-state index in [0.717, 1.165) is 5.69 Å². The Morgan fingerprint density at radius 1 is 1.26 bits per heavy atom. The molecule has 0 radical (unpaired) electrons. The maximum absolute atomic E-state index is 12.0. The van der Waals surface area contributed by atoms with E-state index in [1.807, 2.05) is 25.1 Å². The van der Waals surface area contributed by atoms with E-state index in [1.54, 1.807) is 19.1 Å². The van der Waals surface area contributed by atoms with Gasteiger partial charge in [0.1, 0.15) is 0 Å². The monoisotopic (exact) mass is 266 g/mol. The lowest BCUT2D eigenvalue weighted by atomic mass is 9.97. The first-order chi connectivity index (χ1) is 9.06. The molecule has 0 spiro atoms. The van der Waals surface area contributed by atoms with E-state index in [0.29, 0.717) is 6.42 Å². The highest BCUT2D eigenvalue weighted by Crippen LogP contribution is 2.11. The smallest absolute Gasteiger partial charge is 0.241 e. The number of amides is 1. The van der Waals surface area contributed by atoms with Gasteiger partial charge in [-0.2, -0.15) is 0 Å². The van der Waals surface area contributed by atoms with Crippen LogP contribution in [-0.2, 0) is 4.79 Å². The van der Waals surface area contributed by atoms with Crippen LogP contribution in [0, 0.1) is 0 Å². The highest BCUT2D eigenvalue weighted by molar-refractivity contribution is 5.94. The number of aliphatic hydroxyl groups is 2. The maximum atomic E-state index is 12.0. The molecule has 1 amide bonds. The summed E-state index contributed by atoms with van der Waals surface area (Å²) in [5, 5.41) is 24.4. The van der Waals surface area contributed by atoms with Crippen molar-refractivity contribution in [1.29, 1.82) is 0 Å². The molecule has 0 saturated carbocycles. The Labute approximate surface area is 113 Å². The molecular weight excluding hydrogens is 244 g/mol. The molecule has 19 heavy (non-hydrogen) atoms. The van der Waals surface area contributed by atoms with Crippen molar-refractivity contribution in [1.82, 2.24) is 5.32 Å². The molecule has 0 aliphatic heterocycles. The number of rotatable bonds is 7. The fourth-order valence-electron chi connectivity index (χ4n) is 1.76. The number of nitrogens with one attached hydrogen (secondary N) is 2. The van der Waals surface area contributed by atoms with Crippen molar-refractivity contribution in [2.45, 2.75) is 31.8 Å². The molecule has 5 heteroatoms. The normalized spacial score (nSPS) is 13.1. The van der Waals surface area contributed by atoms with Gasteiger partial charge < -0.3 is 15.5 Å². The molecule has 1 atom stereocenters. The van der Waals surface area contributed by atoms with Crippen LogP contribution in [0.4, 0.5) is 5.69 Å². The predicted molar refractivity (Wildman–Crippen MR) is 74.9 cm³/mol. The Morgan fingerprint density at radius 3 is 2.32 bits per heavy atom. The van der Waals surface area contributed by atoms with Crippen LogP contribution in [0.5, 0.6) is 0 Å². The van der Waals surface area contributed by atoms with Gasteiger partial charge in [0.05, 0.1) is 24.8 Å². The lowest BCUT2D eigenvalue weighted by Gasteiger charge is -2.32. The Hall–Kier alpha value is -1.43. The van der Waals surface area contributed by atoms with Crippen LogP contribution in [0.15, 0.2) is 30.3 Å². The number of benzene rings is 1. The maximum Gasteiger partial charge on any atom is 0.241 e. The minimum Gasteiger partial charge on any atom is -0.394 e. The van der Waals surface area contributed by atoms with E-state index in [4.69, 9.17) is 0 Å². The molecule has 1 aromatic rings. The van der Waals surface area contributed by atoms with E-state index in [9.17, 15) is 15.0 Å². The number of para-hydroxylation sites is 1. The Morgan fingerprint density at radius 2 is 1.84 bits per heavy atom. The molecule has 1 unspecified atom stereocenters. The third kappa shape index (κ3) is 4.31. The largest absolute Gasteiger partial charge is 0.394 e. The van der Waals surface area contributed by atoms with Crippen molar-refractivity contribution in [2.75, 3.05) is 18.5 Å². The zero-order chi connectivity index (χ0) is 14.3. The Balaban J connectivity index is 2.62. The van der Waals surface area contributed by atoms with Gasteiger partial charge in [-0.1, -0.05) is 25.1 Å². The molecule has 5 nitrogen and oxygen atoms in total. The van der Waals surface area contributed by atoms with E-state index in [-0.39, 0.29) is 19.1 Å². The molecule has 0 aliphatic carbocycles. The van der Waals surface area contributed by atoms with Crippen molar-refractivity contribution in [3.8, 4) is 0 Å². The summed E-state index contributed by atoms with van der Waals surface area (Å²) < 4.78 is 0. The Kier molecular flexibility index (Phi) is 5.95. The summed E-state index contributed by atoms with van der Waals surface area (Å²) in [7, 11) is 0. The van der Waals surface area contributed by atoms with E-state index in [1.165, 1.54) is 0 Å². The molecule has 0 aliphatic rings. The van der Waals surface area contributed by atoms with Crippen LogP contribution in [0.3, 0.4) is 0 Å². The van der Waals surface area contributed by atoms with Gasteiger partial charge >= 0.3 is 0 Å². The summed E-state index contributed by atoms with van der Waals surface area (Å²) in [4.78, 5) is 12.0. The molecule has 0 fully saturated rings. The third-order valence-electron chi connectivity index (χ3n) is 3.24. The second-order valence-electron chi connectivity index (χ2n) is 4.67. The number of hydrogen-bond acceptors (Lipinski definition) is 4. The third-order valence-corrected chi connectivity index (χ3v) is 3.24. The minimum atomic E-state index is -0.826. The molecule has 4 N–H and O–H groups in total. The van der Waals surface area contributed by atoms with E-state index in [2.05, 4.69) is 10.6 Å². The van der Waals surface area contributed by atoms with Crippen molar-refractivity contribution in [3.63, 3.8) is 0 Å². The van der Waals surface area contributed by atoms with Gasteiger partial charge in [-0.05, 0) is 25.5 Å². The molecular formula is C14H22N2O3. The van der Waals surface area contributed by atoms with Gasteiger partial charge in [-0.25, -0.2) is 0 Å². The molecule has 1 aromatic carbocycles. The fourth-order valence-corrected chi connectivity index (χ4v) is 1.76. The van der Waals surface area contributed by atoms with Crippen molar-refractivity contribution in [3.05, 3.63) is 30.3 Å². The first-order valence-electron chi connectivity index (χ1n) is 6.42. The molecule has 106 valence electrons. The predicted octanol–water partition coefficient (Wildman–Crippen LogP) is 0.737. The van der Waals surface area contributed by atoms with Crippen LogP contribution in [0.1, 0.15) is 20.3 Å². The summed E-state index contributed by atoms with van der Waals surface area (Å²) >= 11 is 0. The number of anilines is 1. The zero-order valence-corrected chi connectivity index (χ0v) is 11.4. The summed E-state index contributed by atoms with van der Waals surface area (Å²) in [5.74, 6) is -0.203. The number of carbonyl (C=O) groups excluding carboxylic acids is 1. The average molecular weight is 266 g/mol. The van der Waals surface area contributed by atoms with E-state index < -0.39 is 11.6 Å². The fraction of sp³-hybridized carbons (Fsp3) is 0.500. The summed E-state index contributed by atoms with van der Waals surface area (Å²) in [5.41, 5.74) is -0.107. The topological polar surface area (TPSA) is 81.6 Å². The molecule has 0 saturated heterocycles. The molecule has 1 rings (SSSR count). The number of hydrogen-bond donors (Lipinski definition) is 4. The second-order valence-corrected chi connectivity index (χ2v) is 4.67. The summed E-state index contributed by atoms with van der Waals surface area (Å²) in [6, 6.07) is 8.64. The number of carbonyl (C=O) groups is 1. The zero-order valence-electron chi connectivity index (χ0n) is 11.4. The van der Waals surface area contributed by atoms with Crippen molar-refractivity contribution < 1.29 is 15.0 Å². The van der Waals surface area contributed by atoms with Crippen LogP contribution in [0.25, 0.3) is 0 Å². The first kappa shape index (κ1) is 15.6. The van der Waals surface area contributed by atoms with Crippen LogP contribution >= 0.6 is 0 Å².